The Labute approximate surface area is 339 Å². The molecule has 0 saturated heterocycles. The summed E-state index contributed by atoms with van der Waals surface area (Å²) in [6.45, 7) is 0. The number of hydrogen-bond donors (Lipinski definition) is 0. The monoisotopic (exact) mass is 734 g/mol. The third-order valence-corrected chi connectivity index (χ3v) is 11.8. The topological polar surface area (TPSA) is 0 Å². The van der Waals surface area contributed by atoms with Gasteiger partial charge in [-0.15, -0.1) is 0 Å². The lowest BCUT2D eigenvalue weighted by molar-refractivity contribution is 1.57. The quantitative estimate of drug-likeness (QED) is 0.160. The van der Waals surface area contributed by atoms with E-state index in [0.717, 1.165) is 0 Å². The minimum atomic E-state index is 1.19. The first-order chi connectivity index (χ1) is 28.7. The summed E-state index contributed by atoms with van der Waals surface area (Å²) in [5.74, 6) is 0. The third kappa shape index (κ3) is 6.04. The molecule has 0 nitrogen and oxygen atoms in total. The van der Waals surface area contributed by atoms with Crippen molar-refractivity contribution in [3.63, 3.8) is 0 Å². The highest BCUT2D eigenvalue weighted by atomic mass is 14.2. The van der Waals surface area contributed by atoms with Gasteiger partial charge in [-0.2, -0.15) is 0 Å². The van der Waals surface area contributed by atoms with Gasteiger partial charge in [-0.3, -0.25) is 0 Å². The molecule has 11 rings (SSSR count). The maximum atomic E-state index is 2.37. The van der Waals surface area contributed by atoms with Crippen molar-refractivity contribution in [3.05, 3.63) is 231 Å². The summed E-state index contributed by atoms with van der Waals surface area (Å²) < 4.78 is 0. The zero-order valence-corrected chi connectivity index (χ0v) is 31.9. The van der Waals surface area contributed by atoms with Gasteiger partial charge in [0.1, 0.15) is 0 Å². The molecule has 11 aromatic rings. The van der Waals surface area contributed by atoms with Crippen molar-refractivity contribution in [1.29, 1.82) is 0 Å². The fourth-order valence-corrected chi connectivity index (χ4v) is 8.97. The largest absolute Gasteiger partial charge is 0.0616 e. The minimum Gasteiger partial charge on any atom is -0.0616 e. The highest BCUT2D eigenvalue weighted by Gasteiger charge is 2.14. The number of hydrogen-bond acceptors (Lipinski definition) is 0. The van der Waals surface area contributed by atoms with Gasteiger partial charge in [0.05, 0.1) is 0 Å². The van der Waals surface area contributed by atoms with Gasteiger partial charge in [0, 0.05) is 0 Å². The molecular weight excluding hydrogens is 697 g/mol. The normalized spacial score (nSPS) is 11.4. The van der Waals surface area contributed by atoms with Crippen LogP contribution in [0.3, 0.4) is 0 Å². The fourth-order valence-electron chi connectivity index (χ4n) is 8.97. The summed E-state index contributed by atoms with van der Waals surface area (Å²) in [6.07, 6.45) is 0. The summed E-state index contributed by atoms with van der Waals surface area (Å²) in [7, 11) is 0. The summed E-state index contributed by atoms with van der Waals surface area (Å²) in [4.78, 5) is 0. The Kier molecular flexibility index (Phi) is 8.26. The molecule has 0 aliphatic carbocycles. The van der Waals surface area contributed by atoms with E-state index in [4.69, 9.17) is 0 Å². The van der Waals surface area contributed by atoms with E-state index in [1.54, 1.807) is 0 Å². The van der Waals surface area contributed by atoms with E-state index in [0.29, 0.717) is 0 Å². The van der Waals surface area contributed by atoms with E-state index < -0.39 is 0 Å². The Morgan fingerprint density at radius 3 is 0.655 bits per heavy atom. The third-order valence-electron chi connectivity index (χ3n) is 11.8. The Morgan fingerprint density at radius 1 is 0.155 bits per heavy atom. The van der Waals surface area contributed by atoms with Crippen molar-refractivity contribution in [2.24, 2.45) is 0 Å². The molecule has 0 atom stereocenters. The first-order valence-electron chi connectivity index (χ1n) is 20.1. The molecule has 0 radical (unpaired) electrons. The van der Waals surface area contributed by atoms with Gasteiger partial charge in [0.2, 0.25) is 0 Å². The number of benzene rings is 11. The van der Waals surface area contributed by atoms with Crippen molar-refractivity contribution >= 4 is 43.1 Å². The van der Waals surface area contributed by atoms with Gasteiger partial charge in [-0.05, 0) is 146 Å². The highest BCUT2D eigenvalue weighted by molar-refractivity contribution is 6.03. The van der Waals surface area contributed by atoms with E-state index in [1.807, 2.05) is 0 Å². The van der Waals surface area contributed by atoms with Gasteiger partial charge >= 0.3 is 0 Å². The van der Waals surface area contributed by atoms with Crippen LogP contribution in [0, 0.1) is 0 Å². The predicted octanol–water partition coefficient (Wildman–Crippen LogP) is 16.3. The Morgan fingerprint density at radius 2 is 0.379 bits per heavy atom. The molecular formula is C58H38. The summed E-state index contributed by atoms with van der Waals surface area (Å²) in [6, 6.07) is 84.7. The van der Waals surface area contributed by atoms with Crippen LogP contribution in [-0.2, 0) is 0 Å². The molecule has 0 saturated carbocycles. The second-order valence-electron chi connectivity index (χ2n) is 15.3. The molecule has 0 fully saturated rings. The van der Waals surface area contributed by atoms with Crippen molar-refractivity contribution in [2.75, 3.05) is 0 Å². The SMILES string of the molecule is c1ccc2c(-c3cc(-c4ccc(-c5cc(-c6cccc7ccccc67)cc(-c6cccc7ccccc67)c5)cc4)cc(-c4cccc5ccccc45)c3)cccc2c1. The molecule has 0 amide bonds. The average molecular weight is 735 g/mol. The minimum absolute atomic E-state index is 1.19. The van der Waals surface area contributed by atoms with Crippen molar-refractivity contribution in [1.82, 2.24) is 0 Å². The van der Waals surface area contributed by atoms with E-state index in [-0.39, 0.29) is 0 Å². The molecule has 0 heteroatoms. The van der Waals surface area contributed by atoms with E-state index in [9.17, 15) is 0 Å². The zero-order chi connectivity index (χ0) is 38.4. The zero-order valence-electron chi connectivity index (χ0n) is 31.9. The molecule has 0 aliphatic heterocycles. The number of fused-ring (bicyclic) bond motifs is 4. The van der Waals surface area contributed by atoms with Crippen LogP contribution in [0.15, 0.2) is 231 Å². The molecule has 270 valence electrons. The van der Waals surface area contributed by atoms with Gasteiger partial charge in [-0.25, -0.2) is 0 Å². The molecule has 0 bridgehead atoms. The lowest BCUT2D eigenvalue weighted by Crippen LogP contribution is -1.90. The molecule has 11 aromatic carbocycles. The van der Waals surface area contributed by atoms with Gasteiger partial charge in [-0.1, -0.05) is 194 Å². The Hall–Kier alpha value is -7.54. The fraction of sp³-hybridized carbons (Fsp3) is 0. The van der Waals surface area contributed by atoms with Crippen LogP contribution in [0.2, 0.25) is 0 Å². The maximum absolute atomic E-state index is 2.37. The first-order valence-corrected chi connectivity index (χ1v) is 20.1. The van der Waals surface area contributed by atoms with Crippen molar-refractivity contribution in [2.45, 2.75) is 0 Å². The van der Waals surface area contributed by atoms with Crippen LogP contribution >= 0.6 is 0 Å². The van der Waals surface area contributed by atoms with Crippen molar-refractivity contribution < 1.29 is 0 Å². The van der Waals surface area contributed by atoms with E-state index in [1.165, 1.54) is 110 Å². The van der Waals surface area contributed by atoms with Gasteiger partial charge in [0.15, 0.2) is 0 Å². The van der Waals surface area contributed by atoms with Crippen LogP contribution in [-0.4, -0.2) is 0 Å². The lowest BCUT2D eigenvalue weighted by Gasteiger charge is -2.16. The lowest BCUT2D eigenvalue weighted by atomic mass is 9.88. The standard InChI is InChI=1S/C58H38/c1-5-21-51-41(13-1)17-9-25-55(51)47-33-45(34-48(37-47)56-26-10-18-42-14-2-6-22-52(42)56)39-29-31-40(32-30-39)46-35-49(57-27-11-19-43-15-3-7-23-53(43)57)38-50(36-46)58-28-12-20-44-16-4-8-24-54(44)58/h1-38H. The average Bonchev–Trinajstić information content (AvgIpc) is 3.30. The smallest absolute Gasteiger partial charge is 0.0105 e. The maximum Gasteiger partial charge on any atom is -0.0105 e. The predicted molar refractivity (Wildman–Crippen MR) is 249 cm³/mol. The van der Waals surface area contributed by atoms with Crippen LogP contribution in [0.1, 0.15) is 0 Å². The second-order valence-corrected chi connectivity index (χ2v) is 15.3. The Bertz CT molecular complexity index is 2890. The second kappa shape index (κ2) is 14.2. The van der Waals surface area contributed by atoms with Gasteiger partial charge < -0.3 is 0 Å². The molecule has 58 heavy (non-hydrogen) atoms. The Balaban J connectivity index is 1.07. The van der Waals surface area contributed by atoms with Crippen LogP contribution < -0.4 is 0 Å². The van der Waals surface area contributed by atoms with Crippen LogP contribution in [0.4, 0.5) is 0 Å². The summed E-state index contributed by atoms with van der Waals surface area (Å²) in [5, 5.41) is 10.0. The molecule has 0 N–H and O–H groups in total. The first kappa shape index (κ1) is 33.8. The summed E-state index contributed by atoms with van der Waals surface area (Å²) >= 11 is 0. The molecule has 0 spiro atoms. The van der Waals surface area contributed by atoms with E-state index >= 15 is 0 Å². The van der Waals surface area contributed by atoms with E-state index in [2.05, 4.69) is 231 Å². The van der Waals surface area contributed by atoms with Gasteiger partial charge in [0.25, 0.3) is 0 Å². The van der Waals surface area contributed by atoms with Crippen LogP contribution in [0.5, 0.6) is 0 Å². The number of rotatable bonds is 6. The molecule has 0 heterocycles. The molecule has 0 aliphatic rings. The van der Waals surface area contributed by atoms with Crippen LogP contribution in [0.25, 0.3) is 110 Å². The molecule has 0 aromatic heterocycles. The molecule has 0 unspecified atom stereocenters. The summed E-state index contributed by atoms with van der Waals surface area (Å²) in [5.41, 5.74) is 14.6. The highest BCUT2D eigenvalue weighted by Crippen LogP contribution is 2.41. The van der Waals surface area contributed by atoms with Crippen molar-refractivity contribution in [3.8, 4) is 66.8 Å².